The Bertz CT molecular complexity index is 1430. The lowest BCUT2D eigenvalue weighted by Gasteiger charge is -2.16. The van der Waals surface area contributed by atoms with Crippen molar-refractivity contribution in [3.63, 3.8) is 0 Å². The predicted molar refractivity (Wildman–Crippen MR) is 150 cm³/mol. The number of amides is 1. The SMILES string of the molecule is Cc1cc2c(N)nccc2c(C)c1CNc1cc(NCc2ccc(OCC(=O)N3CCCC3)cc2)ncn1. The van der Waals surface area contributed by atoms with E-state index >= 15 is 0 Å². The van der Waals surface area contributed by atoms with E-state index in [9.17, 15) is 4.79 Å². The maximum absolute atomic E-state index is 12.2. The van der Waals surface area contributed by atoms with Crippen molar-refractivity contribution in [3.8, 4) is 5.75 Å². The fraction of sp³-hybridized carbons (Fsp3) is 0.310. The number of nitrogens with one attached hydrogen (secondary N) is 2. The Morgan fingerprint density at radius 1 is 0.947 bits per heavy atom. The second-order valence-corrected chi connectivity index (χ2v) is 9.60. The Hall–Kier alpha value is -4.40. The van der Waals surface area contributed by atoms with Gasteiger partial charge in [0.15, 0.2) is 6.61 Å². The molecule has 3 heterocycles. The van der Waals surface area contributed by atoms with Crippen molar-refractivity contribution in [1.82, 2.24) is 19.9 Å². The molecule has 9 nitrogen and oxygen atoms in total. The van der Waals surface area contributed by atoms with Crippen LogP contribution >= 0.6 is 0 Å². The number of nitrogens with two attached hydrogens (primary N) is 1. The molecule has 196 valence electrons. The zero-order valence-electron chi connectivity index (χ0n) is 21.8. The molecule has 1 saturated heterocycles. The number of nitrogen functional groups attached to an aromatic ring is 1. The summed E-state index contributed by atoms with van der Waals surface area (Å²) in [4.78, 5) is 27.0. The van der Waals surface area contributed by atoms with Crippen molar-refractivity contribution in [2.45, 2.75) is 39.8 Å². The highest BCUT2D eigenvalue weighted by Crippen LogP contribution is 2.28. The molecule has 1 aliphatic rings. The standard InChI is InChI=1S/C29H33N7O2/c1-19-13-24-23(9-10-31-29(24)30)20(2)25(19)16-33-27-14-26(34-18-35-27)32-15-21-5-7-22(8-6-21)38-17-28(37)36-11-3-4-12-36/h5-10,13-14,18H,3-4,11-12,15-17H2,1-2H3,(H2,30,31)(H2,32,33,34,35). The number of likely N-dealkylation sites (tertiary alicyclic amines) is 1. The number of hydrogen-bond donors (Lipinski definition) is 3. The van der Waals surface area contributed by atoms with Crippen LogP contribution in [0.1, 0.15) is 35.1 Å². The quantitative estimate of drug-likeness (QED) is 0.302. The summed E-state index contributed by atoms with van der Waals surface area (Å²) in [5.41, 5.74) is 10.7. The van der Waals surface area contributed by atoms with E-state index in [0.29, 0.717) is 24.7 Å². The number of nitrogens with zero attached hydrogens (tertiary/aromatic N) is 4. The molecule has 9 heteroatoms. The van der Waals surface area contributed by atoms with Gasteiger partial charge < -0.3 is 26.0 Å². The predicted octanol–water partition coefficient (Wildman–Crippen LogP) is 4.45. The van der Waals surface area contributed by atoms with Gasteiger partial charge in [-0.2, -0.15) is 0 Å². The van der Waals surface area contributed by atoms with Crippen LogP contribution < -0.4 is 21.1 Å². The monoisotopic (exact) mass is 511 g/mol. The highest BCUT2D eigenvalue weighted by molar-refractivity contribution is 5.94. The first-order valence-corrected chi connectivity index (χ1v) is 12.9. The molecule has 1 aliphatic heterocycles. The van der Waals surface area contributed by atoms with Crippen molar-refractivity contribution in [1.29, 1.82) is 0 Å². The normalized spacial score (nSPS) is 13.1. The molecule has 0 radical (unpaired) electrons. The average molecular weight is 512 g/mol. The number of ether oxygens (including phenoxy) is 1. The van der Waals surface area contributed by atoms with Crippen LogP contribution in [-0.2, 0) is 17.9 Å². The highest BCUT2D eigenvalue weighted by Gasteiger charge is 2.18. The van der Waals surface area contributed by atoms with Gasteiger partial charge in [-0.05, 0) is 78.6 Å². The van der Waals surface area contributed by atoms with E-state index in [1.165, 1.54) is 11.1 Å². The van der Waals surface area contributed by atoms with Gasteiger partial charge in [-0.1, -0.05) is 12.1 Å². The molecular weight excluding hydrogens is 478 g/mol. The number of hydrogen-bond acceptors (Lipinski definition) is 8. The smallest absolute Gasteiger partial charge is 0.260 e. The number of carbonyl (C=O) groups excluding carboxylic acids is 1. The van der Waals surface area contributed by atoms with E-state index in [4.69, 9.17) is 10.5 Å². The van der Waals surface area contributed by atoms with E-state index in [-0.39, 0.29) is 12.5 Å². The number of rotatable bonds is 9. The lowest BCUT2D eigenvalue weighted by atomic mass is 9.96. The summed E-state index contributed by atoms with van der Waals surface area (Å²) in [5.74, 6) is 2.75. The number of pyridine rings is 1. The van der Waals surface area contributed by atoms with E-state index in [1.54, 1.807) is 12.5 Å². The van der Waals surface area contributed by atoms with Gasteiger partial charge in [-0.15, -0.1) is 0 Å². The molecule has 1 amide bonds. The summed E-state index contributed by atoms with van der Waals surface area (Å²) in [6.45, 7) is 7.19. The lowest BCUT2D eigenvalue weighted by Crippen LogP contribution is -2.32. The molecule has 0 spiro atoms. The molecule has 1 fully saturated rings. The summed E-state index contributed by atoms with van der Waals surface area (Å²) in [5, 5.41) is 8.86. The van der Waals surface area contributed by atoms with E-state index in [2.05, 4.69) is 45.5 Å². The van der Waals surface area contributed by atoms with Crippen LogP contribution in [0, 0.1) is 13.8 Å². The fourth-order valence-electron chi connectivity index (χ4n) is 4.83. The van der Waals surface area contributed by atoms with Crippen molar-refractivity contribution in [2.24, 2.45) is 0 Å². The Labute approximate surface area is 222 Å². The fourth-order valence-corrected chi connectivity index (χ4v) is 4.83. The Morgan fingerprint density at radius 2 is 1.66 bits per heavy atom. The van der Waals surface area contributed by atoms with Gasteiger partial charge in [0.2, 0.25) is 0 Å². The van der Waals surface area contributed by atoms with Gasteiger partial charge in [-0.25, -0.2) is 15.0 Å². The number of carbonyl (C=O) groups is 1. The third kappa shape index (κ3) is 5.77. The van der Waals surface area contributed by atoms with Gasteiger partial charge >= 0.3 is 0 Å². The van der Waals surface area contributed by atoms with Gasteiger partial charge in [0.05, 0.1) is 0 Å². The molecule has 4 N–H and O–H groups in total. The number of aryl methyl sites for hydroxylation is 2. The summed E-state index contributed by atoms with van der Waals surface area (Å²) in [6.07, 6.45) is 5.45. The molecule has 2 aromatic carbocycles. The van der Waals surface area contributed by atoms with Crippen LogP contribution in [0.15, 0.2) is 55.0 Å². The first kappa shape index (κ1) is 25.3. The molecule has 38 heavy (non-hydrogen) atoms. The Balaban J connectivity index is 1.15. The third-order valence-electron chi connectivity index (χ3n) is 7.05. The van der Waals surface area contributed by atoms with Gasteiger partial charge in [0, 0.05) is 43.8 Å². The molecule has 0 unspecified atom stereocenters. The summed E-state index contributed by atoms with van der Waals surface area (Å²) in [6, 6.07) is 13.7. The van der Waals surface area contributed by atoms with Gasteiger partial charge in [-0.3, -0.25) is 4.79 Å². The van der Waals surface area contributed by atoms with Crippen LogP contribution in [0.5, 0.6) is 5.75 Å². The molecule has 0 saturated carbocycles. The van der Waals surface area contributed by atoms with Gasteiger partial charge in [0.1, 0.15) is 29.5 Å². The number of fused-ring (bicyclic) bond motifs is 1. The second kappa shape index (κ2) is 11.3. The summed E-state index contributed by atoms with van der Waals surface area (Å²) < 4.78 is 5.67. The van der Waals surface area contributed by atoms with Crippen molar-refractivity contribution >= 4 is 34.1 Å². The first-order chi connectivity index (χ1) is 18.5. The molecule has 0 bridgehead atoms. The van der Waals surface area contributed by atoms with Gasteiger partial charge in [0.25, 0.3) is 5.91 Å². The van der Waals surface area contributed by atoms with Crippen LogP contribution in [0.4, 0.5) is 17.5 Å². The van der Waals surface area contributed by atoms with Crippen molar-refractivity contribution in [2.75, 3.05) is 36.1 Å². The van der Waals surface area contributed by atoms with Crippen molar-refractivity contribution in [3.05, 3.63) is 77.2 Å². The zero-order valence-corrected chi connectivity index (χ0v) is 21.8. The summed E-state index contributed by atoms with van der Waals surface area (Å²) in [7, 11) is 0. The molecule has 0 aliphatic carbocycles. The maximum Gasteiger partial charge on any atom is 0.260 e. The van der Waals surface area contributed by atoms with Crippen molar-refractivity contribution < 1.29 is 9.53 Å². The molecule has 4 aromatic rings. The van der Waals surface area contributed by atoms with Crippen LogP contribution in [-0.4, -0.2) is 45.5 Å². The van der Waals surface area contributed by atoms with E-state index < -0.39 is 0 Å². The molecule has 0 atom stereocenters. The number of anilines is 3. The first-order valence-electron chi connectivity index (χ1n) is 12.9. The van der Waals surface area contributed by atoms with Crippen LogP contribution in [0.25, 0.3) is 10.8 Å². The third-order valence-corrected chi connectivity index (χ3v) is 7.05. The minimum atomic E-state index is 0.0503. The highest BCUT2D eigenvalue weighted by atomic mass is 16.5. The van der Waals surface area contributed by atoms with E-state index in [0.717, 1.165) is 59.5 Å². The zero-order chi connectivity index (χ0) is 26.5. The topological polar surface area (TPSA) is 118 Å². The molecule has 5 rings (SSSR count). The second-order valence-electron chi connectivity index (χ2n) is 9.60. The Kier molecular flexibility index (Phi) is 7.53. The van der Waals surface area contributed by atoms with E-state index in [1.807, 2.05) is 41.3 Å². The lowest BCUT2D eigenvalue weighted by molar-refractivity contribution is -0.132. The van der Waals surface area contributed by atoms with Crippen LogP contribution in [0.2, 0.25) is 0 Å². The average Bonchev–Trinajstić information content (AvgIpc) is 3.47. The molecular formula is C29H33N7O2. The number of aromatic nitrogens is 3. The number of benzene rings is 2. The summed E-state index contributed by atoms with van der Waals surface area (Å²) >= 11 is 0. The maximum atomic E-state index is 12.2. The molecule has 2 aromatic heterocycles. The minimum absolute atomic E-state index is 0.0503. The largest absolute Gasteiger partial charge is 0.484 e. The van der Waals surface area contributed by atoms with Crippen LogP contribution in [0.3, 0.4) is 0 Å². The minimum Gasteiger partial charge on any atom is -0.484 e. The Morgan fingerprint density at radius 3 is 2.39 bits per heavy atom.